The number of ether oxygens (including phenoxy) is 1. The molecule has 4 rings (SSSR count). The Morgan fingerprint density at radius 3 is 2.40 bits per heavy atom. The lowest BCUT2D eigenvalue weighted by molar-refractivity contribution is -0.127. The molecule has 0 saturated carbocycles. The number of anilines is 2. The molecule has 0 spiro atoms. The maximum Gasteiger partial charge on any atom is 0.262 e. The van der Waals surface area contributed by atoms with Crippen molar-refractivity contribution in [3.05, 3.63) is 90.0 Å². The van der Waals surface area contributed by atoms with Crippen molar-refractivity contribution in [2.24, 2.45) is 0 Å². The number of rotatable bonds is 5. The molecule has 6 heteroatoms. The zero-order valence-electron chi connectivity index (χ0n) is 16.7. The molecule has 0 radical (unpaired) electrons. The van der Waals surface area contributed by atoms with Gasteiger partial charge in [-0.3, -0.25) is 9.59 Å². The highest BCUT2D eigenvalue weighted by Crippen LogP contribution is 2.34. The Kier molecular flexibility index (Phi) is 5.66. The third-order valence-corrected chi connectivity index (χ3v) is 5.02. The van der Waals surface area contributed by atoms with Crippen molar-refractivity contribution >= 4 is 23.2 Å². The molecule has 152 valence electrons. The summed E-state index contributed by atoms with van der Waals surface area (Å²) >= 11 is 0. The summed E-state index contributed by atoms with van der Waals surface area (Å²) in [6.07, 6.45) is -0.569. The highest BCUT2D eigenvalue weighted by Gasteiger charge is 2.30. The quantitative estimate of drug-likeness (QED) is 0.687. The average molecular weight is 401 g/mol. The van der Waals surface area contributed by atoms with Crippen LogP contribution in [-0.4, -0.2) is 31.5 Å². The first-order valence-corrected chi connectivity index (χ1v) is 9.81. The minimum atomic E-state index is -0.569. The lowest BCUT2D eigenvalue weighted by Gasteiger charge is -2.35. The summed E-state index contributed by atoms with van der Waals surface area (Å²) in [5.74, 6) is 0.391. The van der Waals surface area contributed by atoms with Crippen LogP contribution < -0.4 is 20.3 Å². The molecule has 0 saturated heterocycles. The topological polar surface area (TPSA) is 70.7 Å². The van der Waals surface area contributed by atoms with E-state index in [1.807, 2.05) is 78.9 Å². The number of carbonyl (C=O) groups excluding carboxylic acids is 2. The second-order valence-electron chi connectivity index (χ2n) is 7.09. The summed E-state index contributed by atoms with van der Waals surface area (Å²) in [6.45, 7) is 1.06. The van der Waals surface area contributed by atoms with Crippen LogP contribution in [0.3, 0.4) is 0 Å². The molecule has 0 fully saturated rings. The number of nitrogens with zero attached hydrogens (tertiary/aromatic N) is 1. The Morgan fingerprint density at radius 1 is 0.967 bits per heavy atom. The fraction of sp³-hybridized carbons (Fsp3) is 0.167. The van der Waals surface area contributed by atoms with E-state index in [0.717, 1.165) is 16.9 Å². The number of fused-ring (bicyclic) bond motifs is 1. The number of benzene rings is 3. The SMILES string of the molecule is CNC(=O)[C@H]1CN(Cc2ccc(C(=O)Nc3ccccc3)cc2)c2ccccc2O1. The minimum absolute atomic E-state index is 0.149. The standard InChI is InChI=1S/C24H23N3O3/c1-25-24(29)22-16-27(20-9-5-6-10-21(20)30-22)15-17-11-13-18(14-12-17)23(28)26-19-7-3-2-4-8-19/h2-14,22H,15-16H2,1H3,(H,25,29)(H,26,28)/t22-/m1/s1. The zero-order valence-corrected chi connectivity index (χ0v) is 16.7. The van der Waals surface area contributed by atoms with E-state index in [4.69, 9.17) is 4.74 Å². The maximum atomic E-state index is 12.4. The molecular weight excluding hydrogens is 378 g/mol. The second kappa shape index (κ2) is 8.69. The Bertz CT molecular complexity index is 1040. The molecule has 2 amide bonds. The van der Waals surface area contributed by atoms with Gasteiger partial charge in [0.05, 0.1) is 12.2 Å². The molecule has 3 aromatic carbocycles. The van der Waals surface area contributed by atoms with Gasteiger partial charge in [0.15, 0.2) is 6.10 Å². The summed E-state index contributed by atoms with van der Waals surface area (Å²) in [5.41, 5.74) is 3.34. The van der Waals surface area contributed by atoms with Crippen molar-refractivity contribution in [3.8, 4) is 5.75 Å². The first-order chi connectivity index (χ1) is 14.6. The third kappa shape index (κ3) is 4.27. The summed E-state index contributed by atoms with van der Waals surface area (Å²) in [5, 5.41) is 5.54. The highest BCUT2D eigenvalue weighted by atomic mass is 16.5. The molecular formula is C24H23N3O3. The second-order valence-corrected chi connectivity index (χ2v) is 7.09. The number of carbonyl (C=O) groups is 2. The Labute approximate surface area is 175 Å². The van der Waals surface area contributed by atoms with Gasteiger partial charge in [0.1, 0.15) is 5.75 Å². The summed E-state index contributed by atoms with van der Waals surface area (Å²) < 4.78 is 5.85. The van der Waals surface area contributed by atoms with Crippen LogP contribution >= 0.6 is 0 Å². The van der Waals surface area contributed by atoms with Crippen LogP contribution in [0.1, 0.15) is 15.9 Å². The van der Waals surface area contributed by atoms with Crippen molar-refractivity contribution in [1.82, 2.24) is 5.32 Å². The van der Waals surface area contributed by atoms with Crippen LogP contribution in [0.2, 0.25) is 0 Å². The van der Waals surface area contributed by atoms with Gasteiger partial charge < -0.3 is 20.3 Å². The Morgan fingerprint density at radius 2 is 1.67 bits per heavy atom. The largest absolute Gasteiger partial charge is 0.477 e. The van der Waals surface area contributed by atoms with Crippen molar-refractivity contribution < 1.29 is 14.3 Å². The van der Waals surface area contributed by atoms with E-state index in [0.29, 0.717) is 24.4 Å². The molecule has 0 aliphatic carbocycles. The van der Waals surface area contributed by atoms with Gasteiger partial charge in [-0.1, -0.05) is 42.5 Å². The first kappa shape index (κ1) is 19.5. The van der Waals surface area contributed by atoms with Crippen LogP contribution in [0.4, 0.5) is 11.4 Å². The van der Waals surface area contributed by atoms with E-state index < -0.39 is 6.10 Å². The molecule has 2 N–H and O–H groups in total. The maximum absolute atomic E-state index is 12.4. The van der Waals surface area contributed by atoms with E-state index in [1.165, 1.54) is 0 Å². The van der Waals surface area contributed by atoms with Crippen molar-refractivity contribution in [2.45, 2.75) is 12.6 Å². The van der Waals surface area contributed by atoms with Crippen LogP contribution in [0.25, 0.3) is 0 Å². The van der Waals surface area contributed by atoms with Gasteiger partial charge in [-0.25, -0.2) is 0 Å². The van der Waals surface area contributed by atoms with Gasteiger partial charge in [0.2, 0.25) is 0 Å². The molecule has 0 unspecified atom stereocenters. The summed E-state index contributed by atoms with van der Waals surface area (Å²) in [4.78, 5) is 26.7. The Balaban J connectivity index is 1.48. The van der Waals surface area contributed by atoms with E-state index in [9.17, 15) is 9.59 Å². The number of nitrogens with one attached hydrogen (secondary N) is 2. The van der Waals surface area contributed by atoms with E-state index in [-0.39, 0.29) is 11.8 Å². The zero-order chi connectivity index (χ0) is 20.9. The fourth-order valence-corrected chi connectivity index (χ4v) is 3.46. The van der Waals surface area contributed by atoms with Crippen LogP contribution in [0, 0.1) is 0 Å². The Hall–Kier alpha value is -3.80. The van der Waals surface area contributed by atoms with Gasteiger partial charge in [0, 0.05) is 24.8 Å². The number of amides is 2. The number of hydrogen-bond donors (Lipinski definition) is 2. The monoisotopic (exact) mass is 401 g/mol. The number of hydrogen-bond acceptors (Lipinski definition) is 4. The van der Waals surface area contributed by atoms with E-state index in [1.54, 1.807) is 7.05 Å². The molecule has 1 atom stereocenters. The van der Waals surface area contributed by atoms with E-state index in [2.05, 4.69) is 15.5 Å². The van der Waals surface area contributed by atoms with Crippen molar-refractivity contribution in [1.29, 1.82) is 0 Å². The molecule has 3 aromatic rings. The molecule has 1 aliphatic heterocycles. The molecule has 0 bridgehead atoms. The average Bonchev–Trinajstić information content (AvgIpc) is 2.79. The molecule has 6 nitrogen and oxygen atoms in total. The van der Waals surface area contributed by atoms with Crippen LogP contribution in [0.5, 0.6) is 5.75 Å². The number of likely N-dealkylation sites (N-methyl/N-ethyl adjacent to an activating group) is 1. The van der Waals surface area contributed by atoms with Gasteiger partial charge in [-0.05, 0) is 42.0 Å². The normalized spacial score (nSPS) is 15.0. The molecule has 0 aromatic heterocycles. The summed E-state index contributed by atoms with van der Waals surface area (Å²) in [7, 11) is 1.61. The third-order valence-electron chi connectivity index (χ3n) is 5.02. The van der Waals surface area contributed by atoms with Crippen LogP contribution in [-0.2, 0) is 11.3 Å². The minimum Gasteiger partial charge on any atom is -0.477 e. The molecule has 1 aliphatic rings. The van der Waals surface area contributed by atoms with Gasteiger partial charge >= 0.3 is 0 Å². The van der Waals surface area contributed by atoms with Crippen molar-refractivity contribution in [3.63, 3.8) is 0 Å². The molecule has 1 heterocycles. The molecule has 30 heavy (non-hydrogen) atoms. The lowest BCUT2D eigenvalue weighted by atomic mass is 10.1. The van der Waals surface area contributed by atoms with Gasteiger partial charge in [0.25, 0.3) is 11.8 Å². The van der Waals surface area contributed by atoms with Gasteiger partial charge in [-0.2, -0.15) is 0 Å². The predicted octanol–water partition coefficient (Wildman–Crippen LogP) is 3.45. The van der Waals surface area contributed by atoms with E-state index >= 15 is 0 Å². The lowest BCUT2D eigenvalue weighted by Crippen LogP contribution is -2.47. The fourth-order valence-electron chi connectivity index (χ4n) is 3.46. The smallest absolute Gasteiger partial charge is 0.262 e. The van der Waals surface area contributed by atoms with Crippen molar-refractivity contribution in [2.75, 3.05) is 23.8 Å². The number of para-hydroxylation sites is 3. The summed E-state index contributed by atoms with van der Waals surface area (Å²) in [6, 6.07) is 24.6. The highest BCUT2D eigenvalue weighted by molar-refractivity contribution is 6.04. The van der Waals surface area contributed by atoms with Crippen LogP contribution in [0.15, 0.2) is 78.9 Å². The predicted molar refractivity (Wildman–Crippen MR) is 117 cm³/mol. The first-order valence-electron chi connectivity index (χ1n) is 9.81. The van der Waals surface area contributed by atoms with Gasteiger partial charge in [-0.15, -0.1) is 0 Å².